The van der Waals surface area contributed by atoms with Crippen LogP contribution in [0, 0.1) is 0 Å². The molecular weight excluding hydrogens is 176 g/mol. The topological polar surface area (TPSA) is 24.5 Å². The summed E-state index contributed by atoms with van der Waals surface area (Å²) >= 11 is 0. The molecule has 2 atom stereocenters. The first-order valence-electron chi connectivity index (χ1n) is 5.72. The highest BCUT2D eigenvalue weighted by molar-refractivity contribution is 4.80. The van der Waals surface area contributed by atoms with Crippen LogP contribution in [0.2, 0.25) is 0 Å². The lowest BCUT2D eigenvalue weighted by Crippen LogP contribution is -2.37. The van der Waals surface area contributed by atoms with Crippen LogP contribution in [0.25, 0.3) is 0 Å². The van der Waals surface area contributed by atoms with E-state index < -0.39 is 0 Å². The first-order chi connectivity index (χ1) is 6.75. The minimum Gasteiger partial charge on any atom is -0.377 e. The molecule has 0 aliphatic carbocycles. The molecule has 0 aromatic rings. The van der Waals surface area contributed by atoms with E-state index in [0.29, 0.717) is 12.1 Å². The Morgan fingerprint density at radius 3 is 2.79 bits per heavy atom. The Bertz CT molecular complexity index is 152. The summed E-state index contributed by atoms with van der Waals surface area (Å²) in [5.41, 5.74) is 0. The zero-order chi connectivity index (χ0) is 10.4. The fourth-order valence-electron chi connectivity index (χ4n) is 2.13. The molecule has 1 N–H and O–H groups in total. The quantitative estimate of drug-likeness (QED) is 0.650. The normalized spacial score (nSPS) is 27.4. The van der Waals surface area contributed by atoms with Crippen molar-refractivity contribution in [3.63, 3.8) is 0 Å². The molecule has 2 unspecified atom stereocenters. The van der Waals surface area contributed by atoms with E-state index in [1.165, 1.54) is 25.8 Å². The highest BCUT2D eigenvalue weighted by Crippen LogP contribution is 2.18. The van der Waals surface area contributed by atoms with Gasteiger partial charge in [-0.05, 0) is 53.4 Å². The van der Waals surface area contributed by atoms with Crippen molar-refractivity contribution >= 4 is 0 Å². The molecule has 0 aromatic carbocycles. The molecule has 0 bridgehead atoms. The van der Waals surface area contributed by atoms with Gasteiger partial charge < -0.3 is 15.0 Å². The predicted molar refractivity (Wildman–Crippen MR) is 59.6 cm³/mol. The number of rotatable bonds is 6. The third-order valence-electron chi connectivity index (χ3n) is 3.09. The van der Waals surface area contributed by atoms with Crippen LogP contribution in [0.5, 0.6) is 0 Å². The van der Waals surface area contributed by atoms with Crippen LogP contribution in [0.3, 0.4) is 0 Å². The zero-order valence-corrected chi connectivity index (χ0v) is 9.75. The van der Waals surface area contributed by atoms with Crippen molar-refractivity contribution in [1.82, 2.24) is 10.2 Å². The molecular formula is C11H24N2O. The van der Waals surface area contributed by atoms with Gasteiger partial charge in [-0.15, -0.1) is 0 Å². The number of nitrogens with zero attached hydrogens (tertiary/aromatic N) is 1. The van der Waals surface area contributed by atoms with Crippen molar-refractivity contribution in [3.05, 3.63) is 0 Å². The lowest BCUT2D eigenvalue weighted by molar-refractivity contribution is 0.0832. The second-order valence-electron chi connectivity index (χ2n) is 4.22. The predicted octanol–water partition coefficient (Wildman–Crippen LogP) is 1.10. The zero-order valence-electron chi connectivity index (χ0n) is 9.75. The standard InChI is InChI=1S/C11H24N2O/c1-10-11(6-9-14-10)13(3)8-5-4-7-12-2/h10-12H,4-9H2,1-3H3. The summed E-state index contributed by atoms with van der Waals surface area (Å²) < 4.78 is 5.56. The summed E-state index contributed by atoms with van der Waals surface area (Å²) in [5, 5.41) is 3.18. The molecule has 1 saturated heterocycles. The van der Waals surface area contributed by atoms with E-state index in [9.17, 15) is 0 Å². The van der Waals surface area contributed by atoms with Crippen LogP contribution in [0.1, 0.15) is 26.2 Å². The van der Waals surface area contributed by atoms with E-state index in [2.05, 4.69) is 24.2 Å². The first kappa shape index (κ1) is 12.0. The SMILES string of the molecule is CNCCCCN(C)C1CCOC1C. The summed E-state index contributed by atoms with van der Waals surface area (Å²) in [6.07, 6.45) is 4.16. The highest BCUT2D eigenvalue weighted by Gasteiger charge is 2.27. The number of nitrogens with one attached hydrogen (secondary N) is 1. The van der Waals surface area contributed by atoms with E-state index in [1.54, 1.807) is 0 Å². The summed E-state index contributed by atoms with van der Waals surface area (Å²) in [6.45, 7) is 5.44. The Hall–Kier alpha value is -0.120. The van der Waals surface area contributed by atoms with Crippen LogP contribution in [-0.2, 0) is 4.74 Å². The number of ether oxygens (including phenoxy) is 1. The number of unbranched alkanes of at least 4 members (excludes halogenated alkanes) is 1. The van der Waals surface area contributed by atoms with Gasteiger partial charge in [0, 0.05) is 12.6 Å². The molecule has 1 aliphatic heterocycles. The molecule has 0 radical (unpaired) electrons. The van der Waals surface area contributed by atoms with Crippen LogP contribution >= 0.6 is 0 Å². The molecule has 0 amide bonds. The smallest absolute Gasteiger partial charge is 0.0702 e. The average Bonchev–Trinajstić information content (AvgIpc) is 2.59. The third kappa shape index (κ3) is 3.56. The molecule has 1 heterocycles. The Balaban J connectivity index is 2.11. The fourth-order valence-corrected chi connectivity index (χ4v) is 2.13. The molecule has 1 fully saturated rings. The second-order valence-corrected chi connectivity index (χ2v) is 4.22. The Morgan fingerprint density at radius 2 is 2.21 bits per heavy atom. The molecule has 84 valence electrons. The Morgan fingerprint density at radius 1 is 1.43 bits per heavy atom. The molecule has 0 spiro atoms. The summed E-state index contributed by atoms with van der Waals surface area (Å²) in [5.74, 6) is 0. The van der Waals surface area contributed by atoms with Gasteiger partial charge in [0.05, 0.1) is 6.10 Å². The summed E-state index contributed by atoms with van der Waals surface area (Å²) in [7, 11) is 4.23. The Kier molecular flexibility index (Phi) is 5.45. The van der Waals surface area contributed by atoms with Crippen molar-refractivity contribution in [2.24, 2.45) is 0 Å². The van der Waals surface area contributed by atoms with E-state index >= 15 is 0 Å². The maximum Gasteiger partial charge on any atom is 0.0702 e. The lowest BCUT2D eigenvalue weighted by Gasteiger charge is -2.26. The summed E-state index contributed by atoms with van der Waals surface area (Å²) in [4.78, 5) is 2.45. The van der Waals surface area contributed by atoms with Gasteiger partial charge in [-0.3, -0.25) is 0 Å². The minimum atomic E-state index is 0.421. The van der Waals surface area contributed by atoms with E-state index in [-0.39, 0.29) is 0 Å². The summed E-state index contributed by atoms with van der Waals surface area (Å²) in [6, 6.07) is 0.643. The second kappa shape index (κ2) is 6.38. The van der Waals surface area contributed by atoms with Crippen LogP contribution < -0.4 is 5.32 Å². The molecule has 14 heavy (non-hydrogen) atoms. The van der Waals surface area contributed by atoms with Gasteiger partial charge in [0.2, 0.25) is 0 Å². The molecule has 1 rings (SSSR count). The first-order valence-corrected chi connectivity index (χ1v) is 5.72. The maximum atomic E-state index is 5.56. The van der Waals surface area contributed by atoms with Crippen LogP contribution in [0.15, 0.2) is 0 Å². The van der Waals surface area contributed by atoms with Gasteiger partial charge in [0.1, 0.15) is 0 Å². The monoisotopic (exact) mass is 200 g/mol. The van der Waals surface area contributed by atoms with Crippen molar-refractivity contribution in [1.29, 1.82) is 0 Å². The molecule has 1 aliphatic rings. The molecule has 0 saturated carbocycles. The molecule has 3 heteroatoms. The van der Waals surface area contributed by atoms with Gasteiger partial charge in [-0.2, -0.15) is 0 Å². The van der Waals surface area contributed by atoms with Crippen molar-refractivity contribution in [2.75, 3.05) is 33.8 Å². The van der Waals surface area contributed by atoms with E-state index in [4.69, 9.17) is 4.74 Å². The highest BCUT2D eigenvalue weighted by atomic mass is 16.5. The van der Waals surface area contributed by atoms with E-state index in [1.807, 2.05) is 7.05 Å². The van der Waals surface area contributed by atoms with Crippen molar-refractivity contribution < 1.29 is 4.74 Å². The van der Waals surface area contributed by atoms with Crippen LogP contribution in [-0.4, -0.2) is 50.8 Å². The number of hydrogen-bond donors (Lipinski definition) is 1. The maximum absolute atomic E-state index is 5.56. The van der Waals surface area contributed by atoms with Crippen molar-refractivity contribution in [3.8, 4) is 0 Å². The van der Waals surface area contributed by atoms with Gasteiger partial charge in [0.25, 0.3) is 0 Å². The van der Waals surface area contributed by atoms with Gasteiger partial charge in [-0.1, -0.05) is 0 Å². The number of hydrogen-bond acceptors (Lipinski definition) is 3. The largest absolute Gasteiger partial charge is 0.377 e. The van der Waals surface area contributed by atoms with E-state index in [0.717, 1.165) is 13.2 Å². The molecule has 0 aromatic heterocycles. The third-order valence-corrected chi connectivity index (χ3v) is 3.09. The average molecular weight is 200 g/mol. The van der Waals surface area contributed by atoms with Gasteiger partial charge >= 0.3 is 0 Å². The Labute approximate surface area is 87.8 Å². The van der Waals surface area contributed by atoms with Gasteiger partial charge in [-0.25, -0.2) is 0 Å². The van der Waals surface area contributed by atoms with Crippen molar-refractivity contribution in [2.45, 2.75) is 38.3 Å². The van der Waals surface area contributed by atoms with Crippen LogP contribution in [0.4, 0.5) is 0 Å². The fraction of sp³-hybridized carbons (Fsp3) is 1.00. The van der Waals surface area contributed by atoms with Gasteiger partial charge in [0.15, 0.2) is 0 Å². The molecule has 3 nitrogen and oxygen atoms in total. The minimum absolute atomic E-state index is 0.421. The number of likely N-dealkylation sites (N-methyl/N-ethyl adjacent to an activating group) is 1. The lowest BCUT2D eigenvalue weighted by atomic mass is 10.1.